The van der Waals surface area contributed by atoms with Gasteiger partial charge in [0.05, 0.1) is 24.4 Å². The highest BCUT2D eigenvalue weighted by Gasteiger charge is 2.38. The maximum atomic E-state index is 12.8. The predicted octanol–water partition coefficient (Wildman–Crippen LogP) is -0.0995. The minimum atomic E-state index is -0.966. The molecule has 1 heterocycles. The molecular formula is C19H26N2O8S2. The summed E-state index contributed by atoms with van der Waals surface area (Å²) in [6.07, 6.45) is -0.105. The van der Waals surface area contributed by atoms with E-state index in [0.717, 1.165) is 0 Å². The SMILES string of the molecule is CCOC(=O)C(CS)NC(=O)C1=C2OCCOC2=C(C(=O)NC(CS)C(=O)OCC)C1. The van der Waals surface area contributed by atoms with Crippen molar-refractivity contribution < 1.29 is 38.1 Å². The Kier molecular flexibility index (Phi) is 9.56. The fourth-order valence-electron chi connectivity index (χ4n) is 2.91. The number of carbonyl (C=O) groups excluding carboxylic acids is 4. The lowest BCUT2D eigenvalue weighted by Gasteiger charge is -2.21. The summed E-state index contributed by atoms with van der Waals surface area (Å²) in [6.45, 7) is 4.01. The first-order chi connectivity index (χ1) is 14.9. The maximum absolute atomic E-state index is 12.8. The van der Waals surface area contributed by atoms with E-state index >= 15 is 0 Å². The average molecular weight is 475 g/mol. The molecule has 2 atom stereocenters. The van der Waals surface area contributed by atoms with Gasteiger partial charge in [0.15, 0.2) is 11.5 Å². The second-order valence-electron chi connectivity index (χ2n) is 6.41. The van der Waals surface area contributed by atoms with Gasteiger partial charge in [-0.25, -0.2) is 9.59 Å². The summed E-state index contributed by atoms with van der Waals surface area (Å²) in [7, 11) is 0. The van der Waals surface area contributed by atoms with Gasteiger partial charge in [-0.2, -0.15) is 25.3 Å². The molecule has 1 aliphatic heterocycles. The molecule has 1 aliphatic carbocycles. The van der Waals surface area contributed by atoms with Crippen molar-refractivity contribution in [3.05, 3.63) is 22.7 Å². The lowest BCUT2D eigenvalue weighted by Crippen LogP contribution is -2.44. The third-order valence-corrected chi connectivity index (χ3v) is 5.08. The summed E-state index contributed by atoms with van der Waals surface area (Å²) in [4.78, 5) is 49.6. The van der Waals surface area contributed by atoms with Gasteiger partial charge < -0.3 is 29.6 Å². The number of ether oxygens (including phenoxy) is 4. The summed E-state index contributed by atoms with van der Waals surface area (Å²) < 4.78 is 21.0. The standard InChI is InChI=1S/C19H26N2O8S2/c1-3-26-18(24)12(8-30)20-16(22)10-7-11(15-14(10)28-5-6-29-15)17(23)21-13(9-31)19(25)27-4-2/h12-13,30-31H,3-9H2,1-2H3,(H,20,22)(H,21,23). The van der Waals surface area contributed by atoms with Crippen molar-refractivity contribution in [1.82, 2.24) is 10.6 Å². The molecule has 172 valence electrons. The lowest BCUT2D eigenvalue weighted by atomic mass is 10.1. The minimum Gasteiger partial charge on any atom is -0.486 e. The van der Waals surface area contributed by atoms with Gasteiger partial charge in [0.1, 0.15) is 25.3 Å². The molecule has 1 fully saturated rings. The van der Waals surface area contributed by atoms with E-state index in [4.69, 9.17) is 18.9 Å². The van der Waals surface area contributed by atoms with E-state index in [1.165, 1.54) is 0 Å². The zero-order valence-electron chi connectivity index (χ0n) is 17.3. The predicted molar refractivity (Wildman–Crippen MR) is 115 cm³/mol. The fourth-order valence-corrected chi connectivity index (χ4v) is 3.39. The summed E-state index contributed by atoms with van der Waals surface area (Å²) in [5.41, 5.74) is 0.268. The first-order valence-corrected chi connectivity index (χ1v) is 11.0. The third-order valence-electron chi connectivity index (χ3n) is 4.35. The number of nitrogens with one attached hydrogen (secondary N) is 2. The molecule has 2 rings (SSSR count). The molecule has 2 N–H and O–H groups in total. The fraction of sp³-hybridized carbons (Fsp3) is 0.579. The Morgan fingerprint density at radius 2 is 1.23 bits per heavy atom. The maximum Gasteiger partial charge on any atom is 0.329 e. The van der Waals surface area contributed by atoms with Gasteiger partial charge in [0.25, 0.3) is 11.8 Å². The minimum absolute atomic E-state index is 0.0291. The van der Waals surface area contributed by atoms with Crippen LogP contribution in [0.3, 0.4) is 0 Å². The molecule has 12 heteroatoms. The van der Waals surface area contributed by atoms with Crippen LogP contribution in [0, 0.1) is 0 Å². The number of carbonyl (C=O) groups is 4. The third kappa shape index (κ3) is 6.10. The van der Waals surface area contributed by atoms with Crippen LogP contribution in [0.15, 0.2) is 22.7 Å². The van der Waals surface area contributed by atoms with Crippen molar-refractivity contribution in [2.75, 3.05) is 37.9 Å². The molecule has 0 saturated carbocycles. The first kappa shape index (κ1) is 24.9. The topological polar surface area (TPSA) is 129 Å². The highest BCUT2D eigenvalue weighted by atomic mass is 32.1. The molecule has 10 nitrogen and oxygen atoms in total. The highest BCUT2D eigenvalue weighted by Crippen LogP contribution is 2.36. The average Bonchev–Trinajstić information content (AvgIpc) is 3.15. The number of rotatable bonds is 10. The molecule has 2 amide bonds. The largest absolute Gasteiger partial charge is 0.486 e. The number of hydrogen-bond acceptors (Lipinski definition) is 10. The molecule has 0 radical (unpaired) electrons. The summed E-state index contributed by atoms with van der Waals surface area (Å²) >= 11 is 8.16. The molecule has 0 bridgehead atoms. The number of amides is 2. The Labute approximate surface area is 190 Å². The quantitative estimate of drug-likeness (QED) is 0.255. The molecule has 1 saturated heterocycles. The van der Waals surface area contributed by atoms with E-state index < -0.39 is 35.8 Å². The molecule has 0 aromatic heterocycles. The van der Waals surface area contributed by atoms with Crippen LogP contribution in [0.5, 0.6) is 0 Å². The summed E-state index contributed by atoms with van der Waals surface area (Å²) in [6, 6.07) is -1.93. The van der Waals surface area contributed by atoms with Gasteiger partial charge in [-0.1, -0.05) is 0 Å². The highest BCUT2D eigenvalue weighted by molar-refractivity contribution is 7.80. The van der Waals surface area contributed by atoms with Crippen molar-refractivity contribution >= 4 is 49.0 Å². The van der Waals surface area contributed by atoms with Gasteiger partial charge in [0, 0.05) is 17.9 Å². The Hall–Kier alpha value is -2.34. The summed E-state index contributed by atoms with van der Waals surface area (Å²) in [5, 5.41) is 5.09. The van der Waals surface area contributed by atoms with Crippen LogP contribution < -0.4 is 10.6 Å². The Bertz CT molecular complexity index is 732. The normalized spacial score (nSPS) is 17.0. The van der Waals surface area contributed by atoms with Crippen LogP contribution in [0.1, 0.15) is 20.3 Å². The van der Waals surface area contributed by atoms with Gasteiger partial charge in [0.2, 0.25) is 0 Å². The van der Waals surface area contributed by atoms with Gasteiger partial charge in [-0.3, -0.25) is 9.59 Å². The van der Waals surface area contributed by atoms with Crippen LogP contribution in [0.4, 0.5) is 0 Å². The molecular weight excluding hydrogens is 448 g/mol. The van der Waals surface area contributed by atoms with Crippen molar-refractivity contribution in [2.24, 2.45) is 0 Å². The van der Waals surface area contributed by atoms with E-state index in [2.05, 4.69) is 35.9 Å². The number of thiol groups is 2. The van der Waals surface area contributed by atoms with Gasteiger partial charge in [-0.05, 0) is 13.8 Å². The Morgan fingerprint density at radius 3 is 1.55 bits per heavy atom. The van der Waals surface area contributed by atoms with Gasteiger partial charge in [-0.15, -0.1) is 0 Å². The zero-order valence-corrected chi connectivity index (χ0v) is 19.1. The lowest BCUT2D eigenvalue weighted by molar-refractivity contribution is -0.146. The molecule has 31 heavy (non-hydrogen) atoms. The van der Waals surface area contributed by atoms with Gasteiger partial charge >= 0.3 is 11.9 Å². The zero-order chi connectivity index (χ0) is 23.0. The smallest absolute Gasteiger partial charge is 0.329 e. The monoisotopic (exact) mass is 474 g/mol. The Balaban J connectivity index is 2.17. The van der Waals surface area contributed by atoms with Crippen molar-refractivity contribution in [2.45, 2.75) is 32.4 Å². The van der Waals surface area contributed by atoms with E-state index in [9.17, 15) is 19.2 Å². The van der Waals surface area contributed by atoms with Crippen molar-refractivity contribution in [3.8, 4) is 0 Å². The van der Waals surface area contributed by atoms with E-state index in [0.29, 0.717) is 0 Å². The van der Waals surface area contributed by atoms with Crippen LogP contribution >= 0.6 is 25.3 Å². The van der Waals surface area contributed by atoms with Crippen molar-refractivity contribution in [3.63, 3.8) is 0 Å². The van der Waals surface area contributed by atoms with Crippen LogP contribution in [0.25, 0.3) is 0 Å². The first-order valence-electron chi connectivity index (χ1n) is 9.76. The second-order valence-corrected chi connectivity index (χ2v) is 7.14. The molecule has 2 aliphatic rings. The Morgan fingerprint density at radius 1 is 0.839 bits per heavy atom. The van der Waals surface area contributed by atoms with Crippen molar-refractivity contribution in [1.29, 1.82) is 0 Å². The van der Waals surface area contributed by atoms with Crippen LogP contribution in [-0.2, 0) is 38.1 Å². The number of esters is 2. The molecule has 0 aromatic carbocycles. The number of fused-ring (bicyclic) bond motifs is 1. The molecule has 2 unspecified atom stereocenters. The molecule has 0 aromatic rings. The van der Waals surface area contributed by atoms with Crippen LogP contribution in [-0.4, -0.2) is 73.8 Å². The summed E-state index contributed by atoms with van der Waals surface area (Å²) in [5.74, 6) is -2.13. The van der Waals surface area contributed by atoms with Crippen LogP contribution in [0.2, 0.25) is 0 Å². The van der Waals surface area contributed by atoms with E-state index in [1.54, 1.807) is 13.8 Å². The number of hydrogen-bond donors (Lipinski definition) is 4. The molecule has 0 spiro atoms. The van der Waals surface area contributed by atoms with E-state index in [-0.39, 0.29) is 67.0 Å². The van der Waals surface area contributed by atoms with E-state index in [1.807, 2.05) is 0 Å². The second kappa shape index (κ2) is 11.9.